The van der Waals surface area contributed by atoms with Crippen molar-refractivity contribution in [1.82, 2.24) is 4.98 Å². The second kappa shape index (κ2) is 6.85. The molecule has 3 heteroatoms. The first-order chi connectivity index (χ1) is 15.1. The van der Waals surface area contributed by atoms with Gasteiger partial charge in [-0.25, -0.2) is 4.89 Å². The maximum absolute atomic E-state index is 11.5. The van der Waals surface area contributed by atoms with Crippen LogP contribution in [0.15, 0.2) is 103 Å². The smallest absolute Gasteiger partial charge is 0.204 e. The molecular weight excluding hydrogens is 397 g/mol. The molecule has 148 valence electrons. The quantitative estimate of drug-likeness (QED) is 0.354. The topological polar surface area (TPSA) is 33.1 Å². The molecule has 0 saturated carbocycles. The van der Waals surface area contributed by atoms with E-state index >= 15 is 0 Å². The van der Waals surface area contributed by atoms with E-state index in [9.17, 15) is 4.89 Å². The summed E-state index contributed by atoms with van der Waals surface area (Å²) >= 11 is 0. The van der Waals surface area contributed by atoms with Gasteiger partial charge in [-0.3, -0.25) is 4.98 Å². The maximum atomic E-state index is 11.5. The number of pyridine rings is 1. The van der Waals surface area contributed by atoms with Crippen LogP contribution >= 0.6 is 7.49 Å². The Hall–Kier alpha value is -3.32. The highest BCUT2D eigenvalue weighted by Gasteiger charge is 2.47. The molecule has 1 unspecified atom stereocenters. The average Bonchev–Trinajstić information content (AvgIpc) is 3.06. The fourth-order valence-corrected chi connectivity index (χ4v) is 7.19. The molecule has 1 N–H and O–H groups in total. The zero-order chi connectivity index (χ0) is 21.0. The normalized spacial score (nSPS) is 16.8. The van der Waals surface area contributed by atoms with Gasteiger partial charge in [-0.05, 0) is 57.8 Å². The lowest BCUT2D eigenvalue weighted by Gasteiger charge is -2.14. The number of hydrogen-bond donors (Lipinski definition) is 1. The Morgan fingerprint density at radius 2 is 1.45 bits per heavy atom. The second-order valence-corrected chi connectivity index (χ2v) is 11.0. The van der Waals surface area contributed by atoms with Crippen LogP contribution in [0.4, 0.5) is 0 Å². The fourth-order valence-electron chi connectivity index (χ4n) is 4.85. The number of benzene rings is 4. The Morgan fingerprint density at radius 1 is 0.677 bits per heavy atom. The van der Waals surface area contributed by atoms with Crippen LogP contribution in [0.2, 0.25) is 0 Å². The van der Waals surface area contributed by atoms with Crippen LogP contribution in [0.25, 0.3) is 44.2 Å². The number of hydrogen-bond acceptors (Lipinski definition) is 2. The third kappa shape index (κ3) is 2.76. The van der Waals surface area contributed by atoms with E-state index in [0.29, 0.717) is 0 Å². The monoisotopic (exact) mass is 418 g/mol. The first-order valence-corrected chi connectivity index (χ1v) is 12.6. The van der Waals surface area contributed by atoms with Gasteiger partial charge >= 0.3 is 0 Å². The molecule has 0 aliphatic carbocycles. The van der Waals surface area contributed by atoms with Crippen LogP contribution in [-0.2, 0) is 0 Å². The van der Waals surface area contributed by atoms with Crippen molar-refractivity contribution >= 4 is 28.9 Å². The van der Waals surface area contributed by atoms with Crippen LogP contribution in [0, 0.1) is 0 Å². The molecule has 4 aromatic carbocycles. The number of aromatic nitrogens is 1. The van der Waals surface area contributed by atoms with Gasteiger partial charge in [-0.2, -0.15) is 0 Å². The minimum absolute atomic E-state index is 1.07. The van der Waals surface area contributed by atoms with Crippen LogP contribution < -0.4 is 10.6 Å². The Bertz CT molecular complexity index is 1460. The molecule has 1 aromatic heterocycles. The zero-order valence-electron chi connectivity index (χ0n) is 17.2. The van der Waals surface area contributed by atoms with Crippen molar-refractivity contribution in [1.29, 1.82) is 0 Å². The molecule has 6 rings (SSSR count). The first kappa shape index (κ1) is 18.4. The summed E-state index contributed by atoms with van der Waals surface area (Å²) in [5, 5.41) is 4.56. The Balaban J connectivity index is 1.67. The van der Waals surface area contributed by atoms with E-state index in [1.54, 1.807) is 0 Å². The third-order valence-corrected chi connectivity index (χ3v) is 8.94. The fraction of sp³-hybridized carbons (Fsp3) is 0.0357. The second-order valence-electron chi connectivity index (χ2n) is 8.16. The molecular formula is C28H21NOP+. The van der Waals surface area contributed by atoms with Gasteiger partial charge in [0.05, 0.1) is 6.66 Å². The summed E-state index contributed by atoms with van der Waals surface area (Å²) in [4.78, 5) is 15.8. The van der Waals surface area contributed by atoms with Gasteiger partial charge in [-0.15, -0.1) is 0 Å². The van der Waals surface area contributed by atoms with Crippen molar-refractivity contribution in [3.8, 4) is 33.4 Å². The van der Waals surface area contributed by atoms with E-state index in [1.165, 1.54) is 27.5 Å². The highest BCUT2D eigenvalue weighted by Crippen LogP contribution is 2.58. The highest BCUT2D eigenvalue weighted by atomic mass is 31.2. The molecule has 0 saturated heterocycles. The zero-order valence-corrected chi connectivity index (χ0v) is 18.1. The summed E-state index contributed by atoms with van der Waals surface area (Å²) in [6.07, 6.45) is 3.73. The van der Waals surface area contributed by atoms with Crippen LogP contribution in [0.5, 0.6) is 0 Å². The molecule has 0 radical (unpaired) electrons. The molecule has 0 amide bonds. The molecule has 0 fully saturated rings. The van der Waals surface area contributed by atoms with Gasteiger partial charge in [0.15, 0.2) is 0 Å². The van der Waals surface area contributed by atoms with Gasteiger partial charge in [0.2, 0.25) is 7.49 Å². The lowest BCUT2D eigenvalue weighted by atomic mass is 9.90. The van der Waals surface area contributed by atoms with Gasteiger partial charge in [0, 0.05) is 29.1 Å². The summed E-state index contributed by atoms with van der Waals surface area (Å²) in [5.41, 5.74) is 6.93. The molecule has 2 heterocycles. The molecule has 1 atom stereocenters. The molecule has 31 heavy (non-hydrogen) atoms. The Kier molecular flexibility index (Phi) is 4.08. The standard InChI is InChI=1S/C28H21NOP/c1-31(30)26-13-5-4-11-24(26)28-23(12-6-14-27(28)31)21-16-19-8-2-3-10-22(19)25(17-21)20-9-7-15-29-18-20/h2-18,30H,1H3/q+1. The highest BCUT2D eigenvalue weighted by molar-refractivity contribution is 7.85. The average molecular weight is 418 g/mol. The summed E-state index contributed by atoms with van der Waals surface area (Å²) < 4.78 is 0. The molecule has 1 aliphatic heterocycles. The largest absolute Gasteiger partial charge is 0.264 e. The van der Waals surface area contributed by atoms with Gasteiger partial charge < -0.3 is 0 Å². The van der Waals surface area contributed by atoms with Crippen molar-refractivity contribution < 1.29 is 4.89 Å². The maximum Gasteiger partial charge on any atom is 0.204 e. The van der Waals surface area contributed by atoms with E-state index in [0.717, 1.165) is 27.3 Å². The van der Waals surface area contributed by atoms with Crippen molar-refractivity contribution in [2.24, 2.45) is 0 Å². The van der Waals surface area contributed by atoms with Crippen LogP contribution in [0.3, 0.4) is 0 Å². The van der Waals surface area contributed by atoms with Crippen molar-refractivity contribution in [3.63, 3.8) is 0 Å². The molecule has 0 spiro atoms. The lowest BCUT2D eigenvalue weighted by molar-refractivity contribution is 0.630. The van der Waals surface area contributed by atoms with Gasteiger partial charge in [0.25, 0.3) is 0 Å². The van der Waals surface area contributed by atoms with E-state index in [-0.39, 0.29) is 0 Å². The van der Waals surface area contributed by atoms with E-state index < -0.39 is 7.49 Å². The molecule has 2 nitrogen and oxygen atoms in total. The third-order valence-electron chi connectivity index (χ3n) is 6.30. The summed E-state index contributed by atoms with van der Waals surface area (Å²) in [7, 11) is -2.35. The number of nitrogens with zero attached hydrogens (tertiary/aromatic N) is 1. The number of rotatable bonds is 2. The molecule has 5 aromatic rings. The Morgan fingerprint density at radius 3 is 2.32 bits per heavy atom. The molecule has 0 bridgehead atoms. The van der Waals surface area contributed by atoms with Crippen molar-refractivity contribution in [2.45, 2.75) is 0 Å². The van der Waals surface area contributed by atoms with E-state index in [4.69, 9.17) is 0 Å². The minimum atomic E-state index is -2.35. The van der Waals surface area contributed by atoms with E-state index in [1.807, 2.05) is 31.2 Å². The van der Waals surface area contributed by atoms with Crippen LogP contribution in [0.1, 0.15) is 0 Å². The van der Waals surface area contributed by atoms with Crippen molar-refractivity contribution in [2.75, 3.05) is 6.66 Å². The lowest BCUT2D eigenvalue weighted by Crippen LogP contribution is -2.14. The predicted octanol–water partition coefficient (Wildman–Crippen LogP) is 6.05. The summed E-state index contributed by atoms with van der Waals surface area (Å²) in [5.74, 6) is 0. The summed E-state index contributed by atoms with van der Waals surface area (Å²) in [6, 6.07) is 31.8. The number of fused-ring (bicyclic) bond motifs is 4. The first-order valence-electron chi connectivity index (χ1n) is 10.4. The summed E-state index contributed by atoms with van der Waals surface area (Å²) in [6.45, 7) is 2.00. The SMILES string of the molecule is C[P+]1(O)c2ccccc2-c2c(-c3cc(-c4cccnc4)c4ccccc4c3)cccc21. The predicted molar refractivity (Wildman–Crippen MR) is 132 cm³/mol. The minimum Gasteiger partial charge on any atom is -0.264 e. The van der Waals surface area contributed by atoms with E-state index in [2.05, 4.69) is 83.8 Å². The van der Waals surface area contributed by atoms with Crippen molar-refractivity contribution in [3.05, 3.63) is 103 Å². The van der Waals surface area contributed by atoms with Gasteiger partial charge in [0.1, 0.15) is 10.6 Å². The van der Waals surface area contributed by atoms with Gasteiger partial charge in [-0.1, -0.05) is 60.7 Å². The van der Waals surface area contributed by atoms with Crippen LogP contribution in [-0.4, -0.2) is 16.5 Å². The molecule has 1 aliphatic rings. The Labute approximate surface area is 182 Å².